The predicted molar refractivity (Wildman–Crippen MR) is 93.1 cm³/mol. The molecule has 0 saturated carbocycles. The van der Waals surface area contributed by atoms with Crippen LogP contribution < -0.4 is 10.5 Å². The van der Waals surface area contributed by atoms with E-state index in [-0.39, 0.29) is 29.3 Å². The van der Waals surface area contributed by atoms with E-state index in [9.17, 15) is 8.42 Å². The van der Waals surface area contributed by atoms with Crippen molar-refractivity contribution in [3.05, 3.63) is 22.7 Å². The molecule has 1 aliphatic rings. The first-order valence-corrected chi connectivity index (χ1v) is 9.18. The average Bonchev–Trinajstić information content (AvgIpc) is 2.46. The van der Waals surface area contributed by atoms with Crippen LogP contribution in [-0.2, 0) is 10.0 Å². The molecule has 0 spiro atoms. The van der Waals surface area contributed by atoms with Gasteiger partial charge in [-0.15, -0.1) is 12.4 Å². The Morgan fingerprint density at radius 2 is 2.09 bits per heavy atom. The van der Waals surface area contributed by atoms with Crippen molar-refractivity contribution in [2.24, 2.45) is 11.7 Å². The van der Waals surface area contributed by atoms with Crippen molar-refractivity contribution < 1.29 is 13.2 Å². The van der Waals surface area contributed by atoms with Gasteiger partial charge in [-0.25, -0.2) is 8.42 Å². The van der Waals surface area contributed by atoms with Crippen molar-refractivity contribution in [2.45, 2.75) is 30.7 Å². The first-order chi connectivity index (χ1) is 9.84. The minimum atomic E-state index is -3.52. The summed E-state index contributed by atoms with van der Waals surface area (Å²) < 4.78 is 32.9. The standard InChI is InChI=1S/C14H21BrN2O3S.ClH/c1-10(16)11-4-3-5-17(9-11)21(18,19)14-7-12(15)6-13(8-14)20-2;/h6-8,10-11H,3-5,9,16H2,1-2H3;1H. The molecule has 126 valence electrons. The second-order valence-electron chi connectivity index (χ2n) is 5.45. The lowest BCUT2D eigenvalue weighted by atomic mass is 9.93. The summed E-state index contributed by atoms with van der Waals surface area (Å²) in [4.78, 5) is 0.249. The topological polar surface area (TPSA) is 72.6 Å². The van der Waals surface area contributed by atoms with Gasteiger partial charge in [-0.3, -0.25) is 0 Å². The van der Waals surface area contributed by atoms with Crippen LogP contribution in [0.2, 0.25) is 0 Å². The molecule has 22 heavy (non-hydrogen) atoms. The van der Waals surface area contributed by atoms with Crippen LogP contribution in [0.15, 0.2) is 27.6 Å². The maximum Gasteiger partial charge on any atom is 0.243 e. The van der Waals surface area contributed by atoms with Crippen LogP contribution in [0.1, 0.15) is 19.8 Å². The summed E-state index contributed by atoms with van der Waals surface area (Å²) in [5.41, 5.74) is 5.93. The van der Waals surface area contributed by atoms with E-state index in [1.54, 1.807) is 18.2 Å². The van der Waals surface area contributed by atoms with Crippen molar-refractivity contribution in [3.63, 3.8) is 0 Å². The van der Waals surface area contributed by atoms with Gasteiger partial charge < -0.3 is 10.5 Å². The third-order valence-electron chi connectivity index (χ3n) is 3.88. The molecule has 1 fully saturated rings. The SMILES string of the molecule is COc1cc(Br)cc(S(=O)(=O)N2CCCC(C(C)N)C2)c1.Cl. The fourth-order valence-corrected chi connectivity index (χ4v) is 4.79. The highest BCUT2D eigenvalue weighted by Gasteiger charge is 2.32. The fourth-order valence-electron chi connectivity index (χ4n) is 2.57. The number of benzene rings is 1. The molecular weight excluding hydrogens is 392 g/mol. The predicted octanol–water partition coefficient (Wildman–Crippen LogP) is 2.63. The maximum absolute atomic E-state index is 12.8. The smallest absolute Gasteiger partial charge is 0.243 e. The Kier molecular flexibility index (Phi) is 7.14. The minimum Gasteiger partial charge on any atom is -0.497 e. The van der Waals surface area contributed by atoms with Crippen LogP contribution in [0.5, 0.6) is 5.75 Å². The second kappa shape index (κ2) is 7.97. The first-order valence-electron chi connectivity index (χ1n) is 6.95. The molecular formula is C14H22BrClN2O3S. The Balaban J connectivity index is 0.00000242. The lowest BCUT2D eigenvalue weighted by molar-refractivity contribution is 0.243. The zero-order valence-electron chi connectivity index (χ0n) is 12.7. The van der Waals surface area contributed by atoms with Gasteiger partial charge in [0.15, 0.2) is 0 Å². The van der Waals surface area contributed by atoms with E-state index in [1.165, 1.54) is 11.4 Å². The molecule has 1 saturated heterocycles. The molecule has 1 aromatic rings. The van der Waals surface area contributed by atoms with Gasteiger partial charge in [0.25, 0.3) is 0 Å². The van der Waals surface area contributed by atoms with Crippen LogP contribution in [0.4, 0.5) is 0 Å². The Bertz CT molecular complexity index is 610. The number of sulfonamides is 1. The molecule has 1 aliphatic heterocycles. The normalized spacial score (nSPS) is 21.0. The Morgan fingerprint density at radius 3 is 2.68 bits per heavy atom. The van der Waals surface area contributed by atoms with Crippen molar-refractivity contribution in [1.29, 1.82) is 0 Å². The number of nitrogens with two attached hydrogens (primary N) is 1. The molecule has 0 bridgehead atoms. The van der Waals surface area contributed by atoms with Gasteiger partial charge in [0, 0.05) is 29.7 Å². The number of hydrogen-bond donors (Lipinski definition) is 1. The molecule has 5 nitrogen and oxygen atoms in total. The van der Waals surface area contributed by atoms with E-state index in [4.69, 9.17) is 10.5 Å². The van der Waals surface area contributed by atoms with Gasteiger partial charge in [0.1, 0.15) is 5.75 Å². The number of hydrogen-bond acceptors (Lipinski definition) is 4. The number of halogens is 2. The van der Waals surface area contributed by atoms with Gasteiger partial charge in [0.2, 0.25) is 10.0 Å². The highest BCUT2D eigenvalue weighted by molar-refractivity contribution is 9.10. The molecule has 1 aromatic carbocycles. The summed E-state index contributed by atoms with van der Waals surface area (Å²) in [7, 11) is -2.00. The van der Waals surface area contributed by atoms with Gasteiger partial charge in [0.05, 0.1) is 12.0 Å². The van der Waals surface area contributed by atoms with E-state index < -0.39 is 10.0 Å². The van der Waals surface area contributed by atoms with Gasteiger partial charge >= 0.3 is 0 Å². The zero-order chi connectivity index (χ0) is 15.6. The third-order valence-corrected chi connectivity index (χ3v) is 6.18. The van der Waals surface area contributed by atoms with Gasteiger partial charge in [-0.05, 0) is 37.8 Å². The highest BCUT2D eigenvalue weighted by atomic mass is 79.9. The summed E-state index contributed by atoms with van der Waals surface area (Å²) in [6, 6.07) is 4.89. The first kappa shape index (κ1) is 19.7. The summed E-state index contributed by atoms with van der Waals surface area (Å²) in [6.07, 6.45) is 1.82. The van der Waals surface area contributed by atoms with Crippen molar-refractivity contribution >= 4 is 38.4 Å². The number of rotatable bonds is 4. The van der Waals surface area contributed by atoms with E-state index in [1.807, 2.05) is 6.92 Å². The van der Waals surface area contributed by atoms with Crippen molar-refractivity contribution in [1.82, 2.24) is 4.31 Å². The molecule has 2 unspecified atom stereocenters. The van der Waals surface area contributed by atoms with Crippen molar-refractivity contribution in [3.8, 4) is 5.75 Å². The highest BCUT2D eigenvalue weighted by Crippen LogP contribution is 2.29. The number of piperidine rings is 1. The minimum absolute atomic E-state index is 0. The fraction of sp³-hybridized carbons (Fsp3) is 0.571. The molecule has 2 rings (SSSR count). The summed E-state index contributed by atoms with van der Waals surface area (Å²) in [6.45, 7) is 2.96. The van der Waals surface area contributed by atoms with Gasteiger partial charge in [-0.1, -0.05) is 15.9 Å². The molecule has 0 aromatic heterocycles. The molecule has 1 heterocycles. The Hall–Kier alpha value is -0.340. The van der Waals surface area contributed by atoms with Crippen LogP contribution in [0, 0.1) is 5.92 Å². The van der Waals surface area contributed by atoms with Crippen LogP contribution in [-0.4, -0.2) is 39.0 Å². The zero-order valence-corrected chi connectivity index (χ0v) is 15.9. The summed E-state index contributed by atoms with van der Waals surface area (Å²) in [5, 5.41) is 0. The second-order valence-corrected chi connectivity index (χ2v) is 8.30. The average molecular weight is 414 g/mol. The molecule has 2 atom stereocenters. The molecule has 2 N–H and O–H groups in total. The summed E-state index contributed by atoms with van der Waals surface area (Å²) in [5.74, 6) is 0.728. The number of methoxy groups -OCH3 is 1. The monoisotopic (exact) mass is 412 g/mol. The van der Waals surface area contributed by atoms with Crippen LogP contribution in [0.25, 0.3) is 0 Å². The van der Waals surface area contributed by atoms with Gasteiger partial charge in [-0.2, -0.15) is 4.31 Å². The maximum atomic E-state index is 12.8. The molecule has 0 aliphatic carbocycles. The Morgan fingerprint density at radius 1 is 1.41 bits per heavy atom. The summed E-state index contributed by atoms with van der Waals surface area (Å²) >= 11 is 3.32. The molecule has 0 amide bonds. The molecule has 0 radical (unpaired) electrons. The largest absolute Gasteiger partial charge is 0.497 e. The lowest BCUT2D eigenvalue weighted by Gasteiger charge is -2.33. The molecule has 8 heteroatoms. The van der Waals surface area contributed by atoms with E-state index in [0.717, 1.165) is 12.8 Å². The van der Waals surface area contributed by atoms with E-state index in [0.29, 0.717) is 23.3 Å². The third kappa shape index (κ3) is 4.35. The lowest BCUT2D eigenvalue weighted by Crippen LogP contribution is -2.44. The Labute approximate surface area is 146 Å². The van der Waals surface area contributed by atoms with Crippen LogP contribution in [0.3, 0.4) is 0 Å². The van der Waals surface area contributed by atoms with Crippen molar-refractivity contribution in [2.75, 3.05) is 20.2 Å². The number of nitrogens with zero attached hydrogens (tertiary/aromatic N) is 1. The number of ether oxygens (including phenoxy) is 1. The quantitative estimate of drug-likeness (QED) is 0.823. The van der Waals surface area contributed by atoms with E-state index >= 15 is 0 Å². The van der Waals surface area contributed by atoms with Crippen LogP contribution >= 0.6 is 28.3 Å². The van der Waals surface area contributed by atoms with E-state index in [2.05, 4.69) is 15.9 Å².